The molecule has 1 heterocycles. The number of carbonyl (C=O) groups is 1. The van der Waals surface area contributed by atoms with E-state index in [-0.39, 0.29) is 11.9 Å². The number of amides is 1. The lowest BCUT2D eigenvalue weighted by atomic mass is 10.2. The van der Waals surface area contributed by atoms with Crippen LogP contribution in [0, 0.1) is 0 Å². The largest absolute Gasteiger partial charge is 0.384 e. The van der Waals surface area contributed by atoms with Gasteiger partial charge in [-0.15, -0.1) is 0 Å². The Labute approximate surface area is 100 Å². The minimum absolute atomic E-state index is 0.0947. The lowest BCUT2D eigenvalue weighted by Gasteiger charge is -2.13. The van der Waals surface area contributed by atoms with Crippen LogP contribution < -0.4 is 11.1 Å². The van der Waals surface area contributed by atoms with E-state index in [1.165, 1.54) is 6.20 Å². The highest BCUT2D eigenvalue weighted by molar-refractivity contribution is 7.98. The molecule has 1 amide bonds. The molecule has 0 bridgehead atoms. The molecule has 0 spiro atoms. The number of carbonyl (C=O) groups excluding carboxylic acids is 1. The Morgan fingerprint density at radius 2 is 2.44 bits per heavy atom. The van der Waals surface area contributed by atoms with Gasteiger partial charge in [0, 0.05) is 17.8 Å². The fraction of sp³-hybridized carbons (Fsp3) is 0.455. The summed E-state index contributed by atoms with van der Waals surface area (Å²) < 4.78 is 0. The normalized spacial score (nSPS) is 12.1. The zero-order valence-electron chi connectivity index (χ0n) is 9.56. The van der Waals surface area contributed by atoms with E-state index >= 15 is 0 Å². The summed E-state index contributed by atoms with van der Waals surface area (Å²) in [5.74, 6) is 1.31. The summed E-state index contributed by atoms with van der Waals surface area (Å²) in [5.41, 5.74) is 6.07. The number of rotatable bonds is 5. The van der Waals surface area contributed by atoms with Crippen molar-refractivity contribution in [3.05, 3.63) is 23.9 Å². The van der Waals surface area contributed by atoms with Crippen molar-refractivity contribution in [2.75, 3.05) is 17.7 Å². The summed E-state index contributed by atoms with van der Waals surface area (Å²) in [7, 11) is 0. The van der Waals surface area contributed by atoms with E-state index in [9.17, 15) is 4.79 Å². The van der Waals surface area contributed by atoms with Crippen molar-refractivity contribution in [3.8, 4) is 0 Å². The minimum Gasteiger partial charge on any atom is -0.384 e. The Morgan fingerprint density at radius 1 is 1.69 bits per heavy atom. The van der Waals surface area contributed by atoms with Crippen LogP contribution in [-0.2, 0) is 0 Å². The highest BCUT2D eigenvalue weighted by atomic mass is 32.2. The van der Waals surface area contributed by atoms with Crippen LogP contribution in [0.25, 0.3) is 0 Å². The molecule has 1 rings (SSSR count). The van der Waals surface area contributed by atoms with Gasteiger partial charge in [-0.25, -0.2) is 4.98 Å². The number of nitrogens with two attached hydrogens (primary N) is 1. The SMILES string of the molecule is CSCCC(C)NC(=O)c1ccnc(N)c1. The molecule has 4 nitrogen and oxygen atoms in total. The van der Waals surface area contributed by atoms with E-state index in [0.29, 0.717) is 11.4 Å². The Morgan fingerprint density at radius 3 is 3.06 bits per heavy atom. The second kappa shape index (κ2) is 6.37. The van der Waals surface area contributed by atoms with Gasteiger partial charge in [0.1, 0.15) is 5.82 Å². The fourth-order valence-corrected chi connectivity index (χ4v) is 1.85. The van der Waals surface area contributed by atoms with Crippen LogP contribution in [0.3, 0.4) is 0 Å². The Kier molecular flexibility index (Phi) is 5.11. The van der Waals surface area contributed by atoms with Crippen LogP contribution in [0.15, 0.2) is 18.3 Å². The van der Waals surface area contributed by atoms with E-state index < -0.39 is 0 Å². The Bertz CT molecular complexity index is 357. The number of anilines is 1. The smallest absolute Gasteiger partial charge is 0.251 e. The number of thioether (sulfide) groups is 1. The standard InChI is InChI=1S/C11H17N3OS/c1-8(4-6-16-2)14-11(15)9-3-5-13-10(12)7-9/h3,5,7-8H,4,6H2,1-2H3,(H2,12,13)(H,14,15). The summed E-state index contributed by atoms with van der Waals surface area (Å²) >= 11 is 1.77. The van der Waals surface area contributed by atoms with Gasteiger partial charge in [-0.2, -0.15) is 11.8 Å². The fourth-order valence-electron chi connectivity index (χ4n) is 1.26. The third-order valence-electron chi connectivity index (χ3n) is 2.18. The second-order valence-electron chi connectivity index (χ2n) is 3.63. The average Bonchev–Trinajstić information content (AvgIpc) is 2.26. The molecule has 0 aliphatic rings. The first-order chi connectivity index (χ1) is 7.63. The average molecular weight is 239 g/mol. The molecule has 0 fully saturated rings. The Hall–Kier alpha value is -1.23. The minimum atomic E-state index is -0.0947. The monoisotopic (exact) mass is 239 g/mol. The van der Waals surface area contributed by atoms with Crippen LogP contribution in [0.1, 0.15) is 23.7 Å². The van der Waals surface area contributed by atoms with Crippen molar-refractivity contribution in [1.29, 1.82) is 0 Å². The maximum atomic E-state index is 11.8. The third kappa shape index (κ3) is 4.10. The number of nitrogens with one attached hydrogen (secondary N) is 1. The van der Waals surface area contributed by atoms with Gasteiger partial charge in [-0.05, 0) is 37.5 Å². The van der Waals surface area contributed by atoms with Gasteiger partial charge in [0.25, 0.3) is 5.91 Å². The highest BCUT2D eigenvalue weighted by Gasteiger charge is 2.09. The van der Waals surface area contributed by atoms with E-state index in [1.54, 1.807) is 23.9 Å². The first-order valence-corrected chi connectivity index (χ1v) is 6.54. The molecule has 5 heteroatoms. The molecule has 0 aromatic carbocycles. The predicted molar refractivity (Wildman–Crippen MR) is 68.6 cm³/mol. The number of hydrogen-bond donors (Lipinski definition) is 2. The summed E-state index contributed by atoms with van der Waals surface area (Å²) in [5, 5.41) is 2.92. The Balaban J connectivity index is 2.52. The van der Waals surface area contributed by atoms with E-state index in [4.69, 9.17) is 5.73 Å². The second-order valence-corrected chi connectivity index (χ2v) is 4.61. The number of hydrogen-bond acceptors (Lipinski definition) is 4. The molecule has 3 N–H and O–H groups in total. The lowest BCUT2D eigenvalue weighted by Crippen LogP contribution is -2.33. The van der Waals surface area contributed by atoms with Gasteiger partial charge in [-0.1, -0.05) is 0 Å². The number of nitrogens with zero attached hydrogens (tertiary/aromatic N) is 1. The number of aromatic nitrogens is 1. The molecule has 0 radical (unpaired) electrons. The van der Waals surface area contributed by atoms with Crippen LogP contribution in [-0.4, -0.2) is 28.9 Å². The molecule has 0 aliphatic carbocycles. The van der Waals surface area contributed by atoms with Crippen molar-refractivity contribution >= 4 is 23.5 Å². The molecule has 1 unspecified atom stereocenters. The third-order valence-corrected chi connectivity index (χ3v) is 2.82. The summed E-state index contributed by atoms with van der Waals surface area (Å²) in [6, 6.07) is 3.42. The summed E-state index contributed by atoms with van der Waals surface area (Å²) in [4.78, 5) is 15.6. The number of nitrogen functional groups attached to an aromatic ring is 1. The van der Waals surface area contributed by atoms with E-state index in [1.807, 2.05) is 6.92 Å². The summed E-state index contributed by atoms with van der Waals surface area (Å²) in [6.07, 6.45) is 4.56. The predicted octanol–water partition coefficient (Wildman–Crippen LogP) is 1.54. The van der Waals surface area contributed by atoms with Gasteiger partial charge in [0.2, 0.25) is 0 Å². The van der Waals surface area contributed by atoms with Crippen molar-refractivity contribution in [3.63, 3.8) is 0 Å². The molecule has 1 atom stereocenters. The van der Waals surface area contributed by atoms with Crippen LogP contribution in [0.2, 0.25) is 0 Å². The van der Waals surface area contributed by atoms with Gasteiger partial charge < -0.3 is 11.1 Å². The molecule has 1 aromatic rings. The van der Waals surface area contributed by atoms with Crippen LogP contribution in [0.4, 0.5) is 5.82 Å². The molecular formula is C11H17N3OS. The molecule has 16 heavy (non-hydrogen) atoms. The maximum absolute atomic E-state index is 11.8. The summed E-state index contributed by atoms with van der Waals surface area (Å²) in [6.45, 7) is 2.00. The zero-order chi connectivity index (χ0) is 12.0. The van der Waals surface area contributed by atoms with Crippen molar-refractivity contribution in [1.82, 2.24) is 10.3 Å². The van der Waals surface area contributed by atoms with E-state index in [0.717, 1.165) is 12.2 Å². The highest BCUT2D eigenvalue weighted by Crippen LogP contribution is 2.05. The maximum Gasteiger partial charge on any atom is 0.251 e. The quantitative estimate of drug-likeness (QED) is 0.817. The van der Waals surface area contributed by atoms with Gasteiger partial charge >= 0.3 is 0 Å². The number of pyridine rings is 1. The molecule has 0 aliphatic heterocycles. The van der Waals surface area contributed by atoms with Gasteiger partial charge in [0.05, 0.1) is 0 Å². The van der Waals surface area contributed by atoms with Crippen molar-refractivity contribution in [2.45, 2.75) is 19.4 Å². The first-order valence-electron chi connectivity index (χ1n) is 5.15. The van der Waals surface area contributed by atoms with Crippen molar-refractivity contribution < 1.29 is 4.79 Å². The molecule has 0 saturated carbocycles. The van der Waals surface area contributed by atoms with Crippen molar-refractivity contribution in [2.24, 2.45) is 0 Å². The molecule has 0 saturated heterocycles. The molecule has 1 aromatic heterocycles. The topological polar surface area (TPSA) is 68.0 Å². The van der Waals surface area contributed by atoms with E-state index in [2.05, 4.69) is 16.6 Å². The van der Waals surface area contributed by atoms with Crippen LogP contribution >= 0.6 is 11.8 Å². The first kappa shape index (κ1) is 12.8. The molecule has 88 valence electrons. The molecular weight excluding hydrogens is 222 g/mol. The van der Waals surface area contributed by atoms with Gasteiger partial charge in [-0.3, -0.25) is 4.79 Å². The lowest BCUT2D eigenvalue weighted by molar-refractivity contribution is 0.0939. The van der Waals surface area contributed by atoms with Gasteiger partial charge in [0.15, 0.2) is 0 Å². The zero-order valence-corrected chi connectivity index (χ0v) is 10.4. The van der Waals surface area contributed by atoms with Crippen LogP contribution in [0.5, 0.6) is 0 Å².